The molecule has 2 nitrogen and oxygen atoms in total. The number of carbonyl (C=O) groups is 1. The smallest absolute Gasteiger partial charge is 0.164 e. The van der Waals surface area contributed by atoms with Gasteiger partial charge in [-0.1, -0.05) is 13.3 Å². The Hall–Kier alpha value is -0.370. The summed E-state index contributed by atoms with van der Waals surface area (Å²) in [6.45, 7) is 3.95. The SMILES string of the molecule is C[C@@H]1CC[C@@H]2[C@H](CC(=O)C2(C)O)C1. The second-order valence-corrected chi connectivity index (χ2v) is 5.06. The molecule has 0 saturated heterocycles. The van der Waals surface area contributed by atoms with Gasteiger partial charge in [0.1, 0.15) is 5.60 Å². The van der Waals surface area contributed by atoms with Gasteiger partial charge in [-0.15, -0.1) is 0 Å². The largest absolute Gasteiger partial charge is 0.382 e. The Morgan fingerprint density at radius 3 is 2.85 bits per heavy atom. The molecule has 1 N–H and O–H groups in total. The number of hydrogen-bond acceptors (Lipinski definition) is 2. The number of ketones is 1. The molecule has 2 fully saturated rings. The molecule has 0 aromatic heterocycles. The van der Waals surface area contributed by atoms with Gasteiger partial charge in [0, 0.05) is 6.42 Å². The Labute approximate surface area is 79.3 Å². The van der Waals surface area contributed by atoms with Crippen LogP contribution >= 0.6 is 0 Å². The molecule has 2 aliphatic rings. The van der Waals surface area contributed by atoms with Crippen LogP contribution in [0.15, 0.2) is 0 Å². The van der Waals surface area contributed by atoms with Gasteiger partial charge in [-0.25, -0.2) is 0 Å². The van der Waals surface area contributed by atoms with Gasteiger partial charge >= 0.3 is 0 Å². The van der Waals surface area contributed by atoms with Crippen molar-refractivity contribution in [3.05, 3.63) is 0 Å². The van der Waals surface area contributed by atoms with E-state index in [4.69, 9.17) is 0 Å². The van der Waals surface area contributed by atoms with Gasteiger partial charge in [0.2, 0.25) is 0 Å². The minimum atomic E-state index is -1.01. The van der Waals surface area contributed by atoms with Crippen molar-refractivity contribution < 1.29 is 9.90 Å². The third kappa shape index (κ3) is 1.32. The summed E-state index contributed by atoms with van der Waals surface area (Å²) >= 11 is 0. The molecular formula is C11H18O2. The fourth-order valence-electron chi connectivity index (χ4n) is 3.12. The van der Waals surface area contributed by atoms with Crippen molar-refractivity contribution in [1.29, 1.82) is 0 Å². The van der Waals surface area contributed by atoms with E-state index >= 15 is 0 Å². The molecule has 0 aromatic carbocycles. The Morgan fingerprint density at radius 2 is 2.15 bits per heavy atom. The molecule has 0 radical (unpaired) electrons. The molecule has 2 heteroatoms. The highest BCUT2D eigenvalue weighted by molar-refractivity contribution is 5.89. The fraction of sp³-hybridized carbons (Fsp3) is 0.909. The molecule has 2 rings (SSSR count). The lowest BCUT2D eigenvalue weighted by atomic mass is 9.73. The minimum absolute atomic E-state index is 0.0663. The van der Waals surface area contributed by atoms with Gasteiger partial charge in [-0.3, -0.25) is 4.79 Å². The van der Waals surface area contributed by atoms with Crippen molar-refractivity contribution in [1.82, 2.24) is 0 Å². The first-order valence-corrected chi connectivity index (χ1v) is 5.27. The molecular weight excluding hydrogens is 164 g/mol. The second-order valence-electron chi connectivity index (χ2n) is 5.06. The quantitative estimate of drug-likeness (QED) is 0.620. The van der Waals surface area contributed by atoms with Crippen molar-refractivity contribution in [2.75, 3.05) is 0 Å². The number of carbonyl (C=O) groups excluding carboxylic acids is 1. The summed E-state index contributed by atoms with van der Waals surface area (Å²) in [6, 6.07) is 0. The van der Waals surface area contributed by atoms with Crippen molar-refractivity contribution in [2.45, 2.75) is 45.1 Å². The maximum atomic E-state index is 11.5. The summed E-state index contributed by atoms with van der Waals surface area (Å²) < 4.78 is 0. The van der Waals surface area contributed by atoms with Crippen LogP contribution in [0.2, 0.25) is 0 Å². The van der Waals surface area contributed by atoms with Crippen molar-refractivity contribution in [3.63, 3.8) is 0 Å². The van der Waals surface area contributed by atoms with Crippen LogP contribution in [0.1, 0.15) is 39.5 Å². The average molecular weight is 182 g/mol. The Bertz CT molecular complexity index is 232. The van der Waals surface area contributed by atoms with Crippen LogP contribution in [0.3, 0.4) is 0 Å². The van der Waals surface area contributed by atoms with E-state index in [0.29, 0.717) is 12.3 Å². The van der Waals surface area contributed by atoms with Gasteiger partial charge in [0.25, 0.3) is 0 Å². The van der Waals surface area contributed by atoms with E-state index < -0.39 is 5.60 Å². The van der Waals surface area contributed by atoms with E-state index in [1.165, 1.54) is 6.42 Å². The number of hydrogen-bond donors (Lipinski definition) is 1. The maximum Gasteiger partial charge on any atom is 0.164 e. The predicted molar refractivity (Wildman–Crippen MR) is 50.2 cm³/mol. The molecule has 13 heavy (non-hydrogen) atoms. The molecule has 0 heterocycles. The van der Waals surface area contributed by atoms with E-state index in [1.54, 1.807) is 6.92 Å². The molecule has 74 valence electrons. The van der Waals surface area contributed by atoms with Crippen LogP contribution in [0.4, 0.5) is 0 Å². The normalized spacial score (nSPS) is 50.7. The van der Waals surface area contributed by atoms with Crippen LogP contribution in [0.25, 0.3) is 0 Å². The highest BCUT2D eigenvalue weighted by atomic mass is 16.3. The zero-order valence-corrected chi connectivity index (χ0v) is 8.42. The van der Waals surface area contributed by atoms with Crippen LogP contribution in [0.5, 0.6) is 0 Å². The molecule has 1 unspecified atom stereocenters. The van der Waals surface area contributed by atoms with Crippen molar-refractivity contribution >= 4 is 5.78 Å². The average Bonchev–Trinajstić information content (AvgIpc) is 2.23. The zero-order chi connectivity index (χ0) is 9.64. The van der Waals surface area contributed by atoms with Gasteiger partial charge < -0.3 is 5.11 Å². The maximum absolute atomic E-state index is 11.5. The summed E-state index contributed by atoms with van der Waals surface area (Å²) in [5.74, 6) is 1.52. The first kappa shape index (κ1) is 9.20. The molecule has 2 aliphatic carbocycles. The Balaban J connectivity index is 2.18. The predicted octanol–water partition coefficient (Wildman–Crippen LogP) is 1.76. The summed E-state index contributed by atoms with van der Waals surface area (Å²) in [6.07, 6.45) is 3.95. The monoisotopic (exact) mass is 182 g/mol. The lowest BCUT2D eigenvalue weighted by Crippen LogP contribution is -2.39. The number of aliphatic hydroxyl groups is 1. The Morgan fingerprint density at radius 1 is 1.46 bits per heavy atom. The molecule has 0 amide bonds. The molecule has 0 bridgehead atoms. The molecule has 0 aliphatic heterocycles. The van der Waals surface area contributed by atoms with Gasteiger partial charge in [-0.05, 0) is 37.5 Å². The summed E-state index contributed by atoms with van der Waals surface area (Å²) in [4.78, 5) is 11.5. The molecule has 4 atom stereocenters. The highest BCUT2D eigenvalue weighted by Crippen LogP contribution is 2.47. The van der Waals surface area contributed by atoms with Crippen LogP contribution in [0, 0.1) is 17.8 Å². The minimum Gasteiger partial charge on any atom is -0.382 e. The van der Waals surface area contributed by atoms with E-state index in [9.17, 15) is 9.90 Å². The topological polar surface area (TPSA) is 37.3 Å². The fourth-order valence-corrected chi connectivity index (χ4v) is 3.12. The summed E-state index contributed by atoms with van der Waals surface area (Å²) in [5.41, 5.74) is -1.01. The molecule has 0 spiro atoms. The van der Waals surface area contributed by atoms with E-state index in [0.717, 1.165) is 18.8 Å². The molecule has 2 saturated carbocycles. The third-order valence-corrected chi connectivity index (χ3v) is 3.98. The number of rotatable bonds is 0. The second kappa shape index (κ2) is 2.81. The van der Waals surface area contributed by atoms with Crippen molar-refractivity contribution in [3.8, 4) is 0 Å². The lowest BCUT2D eigenvalue weighted by molar-refractivity contribution is -0.135. The highest BCUT2D eigenvalue weighted by Gasteiger charge is 2.51. The standard InChI is InChI=1S/C11H18O2/c1-7-3-4-9-8(5-7)6-10(12)11(9,2)13/h7-9,13H,3-6H2,1-2H3/t7-,8+,9-,11?/m1/s1. The van der Waals surface area contributed by atoms with Gasteiger partial charge in [0.05, 0.1) is 0 Å². The first-order chi connectivity index (χ1) is 6.01. The Kier molecular flexibility index (Phi) is 1.99. The van der Waals surface area contributed by atoms with Gasteiger partial charge in [-0.2, -0.15) is 0 Å². The molecule has 0 aromatic rings. The summed E-state index contributed by atoms with van der Waals surface area (Å²) in [5, 5.41) is 9.99. The number of fused-ring (bicyclic) bond motifs is 1. The zero-order valence-electron chi connectivity index (χ0n) is 8.42. The van der Waals surface area contributed by atoms with E-state index in [-0.39, 0.29) is 11.7 Å². The van der Waals surface area contributed by atoms with E-state index in [1.807, 2.05) is 0 Å². The lowest BCUT2D eigenvalue weighted by Gasteiger charge is -2.34. The number of Topliss-reactive ketones (excluding diaryl/α,β-unsaturated/α-hetero) is 1. The third-order valence-electron chi connectivity index (χ3n) is 3.98. The van der Waals surface area contributed by atoms with E-state index in [2.05, 4.69) is 6.92 Å². The first-order valence-electron chi connectivity index (χ1n) is 5.27. The van der Waals surface area contributed by atoms with Crippen LogP contribution in [-0.4, -0.2) is 16.5 Å². The van der Waals surface area contributed by atoms with Crippen LogP contribution in [-0.2, 0) is 4.79 Å². The summed E-state index contributed by atoms with van der Waals surface area (Å²) in [7, 11) is 0. The van der Waals surface area contributed by atoms with Crippen molar-refractivity contribution in [2.24, 2.45) is 17.8 Å². The van der Waals surface area contributed by atoms with Gasteiger partial charge in [0.15, 0.2) is 5.78 Å². The van der Waals surface area contributed by atoms with Crippen LogP contribution < -0.4 is 0 Å².